The smallest absolute Gasteiger partial charge is 0.248 e. The number of amides is 1. The highest BCUT2D eigenvalue weighted by Crippen LogP contribution is 2.07. The van der Waals surface area contributed by atoms with Crippen LogP contribution in [0.2, 0.25) is 0 Å². The van der Waals surface area contributed by atoms with Crippen molar-refractivity contribution in [2.45, 2.75) is 38.4 Å². The molecule has 17 heavy (non-hydrogen) atoms. The van der Waals surface area contributed by atoms with Gasteiger partial charge in [0.05, 0.1) is 12.2 Å². The summed E-state index contributed by atoms with van der Waals surface area (Å²) in [6, 6.07) is 0. The van der Waals surface area contributed by atoms with E-state index < -0.39 is 0 Å². The lowest BCUT2D eigenvalue weighted by Crippen LogP contribution is -2.37. The van der Waals surface area contributed by atoms with Crippen LogP contribution in [0.15, 0.2) is 0 Å². The maximum absolute atomic E-state index is 11.7. The average Bonchev–Trinajstić information content (AvgIpc) is 2.34. The summed E-state index contributed by atoms with van der Waals surface area (Å²) in [5, 5.41) is 12.4. The normalized spacial score (nSPS) is 19.0. The molecule has 1 atom stereocenters. The van der Waals surface area contributed by atoms with Crippen molar-refractivity contribution in [1.82, 2.24) is 10.2 Å². The van der Waals surface area contributed by atoms with E-state index in [2.05, 4.69) is 5.32 Å². The lowest BCUT2D eigenvalue weighted by molar-refractivity contribution is -0.137. The summed E-state index contributed by atoms with van der Waals surface area (Å²) in [4.78, 5) is 13.3. The van der Waals surface area contributed by atoms with Crippen molar-refractivity contribution < 1.29 is 14.6 Å². The summed E-state index contributed by atoms with van der Waals surface area (Å²) in [7, 11) is 1.75. The summed E-state index contributed by atoms with van der Waals surface area (Å²) in [5.41, 5.74) is 0. The molecule has 0 aromatic heterocycles. The van der Waals surface area contributed by atoms with E-state index in [0.717, 1.165) is 25.9 Å². The molecule has 1 aliphatic heterocycles. The van der Waals surface area contributed by atoms with Crippen LogP contribution >= 0.6 is 0 Å². The van der Waals surface area contributed by atoms with Crippen LogP contribution < -0.4 is 5.32 Å². The number of nitrogens with one attached hydrogen (secondary N) is 1. The van der Waals surface area contributed by atoms with Crippen molar-refractivity contribution >= 4 is 5.91 Å². The zero-order valence-corrected chi connectivity index (χ0v) is 10.8. The molecule has 0 bridgehead atoms. The van der Waals surface area contributed by atoms with Crippen LogP contribution in [-0.2, 0) is 9.53 Å². The monoisotopic (exact) mass is 244 g/mol. The first-order valence-electron chi connectivity index (χ1n) is 6.34. The largest absolute Gasteiger partial charge is 0.393 e. The fourth-order valence-electron chi connectivity index (χ4n) is 1.77. The van der Waals surface area contributed by atoms with E-state index in [1.165, 1.54) is 0 Å². The van der Waals surface area contributed by atoms with Crippen LogP contribution in [0.3, 0.4) is 0 Å². The molecule has 0 aromatic carbocycles. The fraction of sp³-hybridized carbons (Fsp3) is 0.917. The molecule has 1 fully saturated rings. The van der Waals surface area contributed by atoms with E-state index >= 15 is 0 Å². The summed E-state index contributed by atoms with van der Waals surface area (Å²) in [6.07, 6.45) is 2.41. The number of piperidine rings is 1. The van der Waals surface area contributed by atoms with Crippen LogP contribution in [0.25, 0.3) is 0 Å². The molecule has 100 valence electrons. The number of ether oxygens (including phenoxy) is 1. The topological polar surface area (TPSA) is 61.8 Å². The van der Waals surface area contributed by atoms with Gasteiger partial charge in [-0.2, -0.15) is 0 Å². The molecule has 5 heteroatoms. The number of rotatable bonds is 6. The lowest BCUT2D eigenvalue weighted by atomic mass is 10.1. The molecule has 1 saturated heterocycles. The maximum atomic E-state index is 11.7. The van der Waals surface area contributed by atoms with Crippen LogP contribution in [0.5, 0.6) is 0 Å². The molecule has 0 aromatic rings. The summed E-state index contributed by atoms with van der Waals surface area (Å²) in [6.45, 7) is 4.39. The summed E-state index contributed by atoms with van der Waals surface area (Å²) in [5.74, 6) is -0.0100. The third-order valence-corrected chi connectivity index (χ3v) is 3.04. The van der Waals surface area contributed by atoms with Crippen LogP contribution in [0.1, 0.15) is 26.2 Å². The number of hydrogen-bond acceptors (Lipinski definition) is 4. The zero-order chi connectivity index (χ0) is 12.7. The second-order valence-corrected chi connectivity index (χ2v) is 4.71. The zero-order valence-electron chi connectivity index (χ0n) is 10.8. The van der Waals surface area contributed by atoms with E-state index in [4.69, 9.17) is 9.84 Å². The Hall–Kier alpha value is -0.650. The van der Waals surface area contributed by atoms with E-state index in [1.54, 1.807) is 18.9 Å². The van der Waals surface area contributed by atoms with Crippen LogP contribution in [-0.4, -0.2) is 61.4 Å². The van der Waals surface area contributed by atoms with Gasteiger partial charge in [0.1, 0.15) is 6.61 Å². The van der Waals surface area contributed by atoms with Crippen molar-refractivity contribution in [3.63, 3.8) is 0 Å². The quantitative estimate of drug-likeness (QED) is 0.689. The minimum atomic E-state index is -0.365. The highest BCUT2D eigenvalue weighted by Gasteiger charge is 2.16. The fourth-order valence-corrected chi connectivity index (χ4v) is 1.77. The number of hydrogen-bond donors (Lipinski definition) is 2. The Morgan fingerprint density at radius 2 is 2.18 bits per heavy atom. The molecule has 0 spiro atoms. The molecule has 1 heterocycles. The minimum absolute atomic E-state index is 0.0100. The van der Waals surface area contributed by atoms with E-state index in [9.17, 15) is 4.79 Å². The SMILES string of the molecule is CC(O)CCN(C)C(=O)COC1CCNCC1. The second-order valence-electron chi connectivity index (χ2n) is 4.71. The predicted octanol–water partition coefficient (Wildman–Crippen LogP) is -0.0157. The summed E-state index contributed by atoms with van der Waals surface area (Å²) < 4.78 is 5.58. The molecule has 1 unspecified atom stereocenters. The molecule has 0 saturated carbocycles. The lowest BCUT2D eigenvalue weighted by Gasteiger charge is -2.24. The second kappa shape index (κ2) is 7.63. The first-order valence-corrected chi connectivity index (χ1v) is 6.34. The molecule has 0 radical (unpaired) electrons. The van der Waals surface area contributed by atoms with Crippen molar-refractivity contribution in [2.75, 3.05) is 33.3 Å². The van der Waals surface area contributed by atoms with Crippen molar-refractivity contribution in [1.29, 1.82) is 0 Å². The number of carbonyl (C=O) groups is 1. The van der Waals surface area contributed by atoms with Gasteiger partial charge in [-0.25, -0.2) is 0 Å². The maximum Gasteiger partial charge on any atom is 0.248 e. The first-order chi connectivity index (χ1) is 8.09. The van der Waals surface area contributed by atoms with Gasteiger partial charge in [-0.05, 0) is 39.3 Å². The molecule has 1 aliphatic rings. The van der Waals surface area contributed by atoms with Gasteiger partial charge in [0.25, 0.3) is 0 Å². The van der Waals surface area contributed by atoms with Gasteiger partial charge in [-0.1, -0.05) is 0 Å². The molecule has 0 aliphatic carbocycles. The average molecular weight is 244 g/mol. The van der Waals surface area contributed by atoms with Gasteiger partial charge in [-0.3, -0.25) is 4.79 Å². The molecule has 5 nitrogen and oxygen atoms in total. The van der Waals surface area contributed by atoms with E-state index in [0.29, 0.717) is 13.0 Å². The Bertz CT molecular complexity index is 228. The Kier molecular flexibility index (Phi) is 6.47. The van der Waals surface area contributed by atoms with Gasteiger partial charge in [0.2, 0.25) is 5.91 Å². The Balaban J connectivity index is 2.14. The number of likely N-dealkylation sites (N-methyl/N-ethyl adjacent to an activating group) is 1. The van der Waals surface area contributed by atoms with E-state index in [-0.39, 0.29) is 24.7 Å². The molecular weight excluding hydrogens is 220 g/mol. The third-order valence-electron chi connectivity index (χ3n) is 3.04. The Labute approximate surface area is 103 Å². The third kappa shape index (κ3) is 6.00. The molecule has 2 N–H and O–H groups in total. The highest BCUT2D eigenvalue weighted by atomic mass is 16.5. The van der Waals surface area contributed by atoms with Gasteiger partial charge < -0.3 is 20.1 Å². The van der Waals surface area contributed by atoms with Crippen molar-refractivity contribution in [3.05, 3.63) is 0 Å². The molecule has 1 amide bonds. The molecular formula is C12H24N2O3. The van der Waals surface area contributed by atoms with Crippen molar-refractivity contribution in [2.24, 2.45) is 0 Å². The van der Waals surface area contributed by atoms with Crippen LogP contribution in [0, 0.1) is 0 Å². The standard InChI is InChI=1S/C12H24N2O3/c1-10(15)5-8-14(2)12(16)9-17-11-3-6-13-7-4-11/h10-11,13,15H,3-9H2,1-2H3. The minimum Gasteiger partial charge on any atom is -0.393 e. The Morgan fingerprint density at radius 1 is 1.53 bits per heavy atom. The number of aliphatic hydroxyl groups is 1. The number of carbonyl (C=O) groups excluding carboxylic acids is 1. The molecule has 1 rings (SSSR count). The highest BCUT2D eigenvalue weighted by molar-refractivity contribution is 5.77. The summed E-state index contributed by atoms with van der Waals surface area (Å²) >= 11 is 0. The van der Waals surface area contributed by atoms with Gasteiger partial charge >= 0.3 is 0 Å². The van der Waals surface area contributed by atoms with Crippen molar-refractivity contribution in [3.8, 4) is 0 Å². The van der Waals surface area contributed by atoms with E-state index in [1.807, 2.05) is 0 Å². The number of aliphatic hydroxyl groups excluding tert-OH is 1. The van der Waals surface area contributed by atoms with Gasteiger partial charge in [-0.15, -0.1) is 0 Å². The van der Waals surface area contributed by atoms with Crippen LogP contribution in [0.4, 0.5) is 0 Å². The first kappa shape index (κ1) is 14.4. The Morgan fingerprint density at radius 3 is 2.76 bits per heavy atom. The predicted molar refractivity (Wildman–Crippen MR) is 65.8 cm³/mol. The van der Waals surface area contributed by atoms with Gasteiger partial charge in [0, 0.05) is 13.6 Å². The van der Waals surface area contributed by atoms with Gasteiger partial charge in [0.15, 0.2) is 0 Å². The number of nitrogens with zero attached hydrogens (tertiary/aromatic N) is 1.